The molecule has 1 aliphatic rings. The molecular formula is C16H20ClFN2O4. The predicted octanol–water partition coefficient (Wildman–Crippen LogP) is 1.86. The van der Waals surface area contributed by atoms with Crippen LogP contribution in [0, 0.1) is 5.82 Å². The normalized spacial score (nSPS) is 16.0. The Kier molecular flexibility index (Phi) is 6.53. The number of aliphatic hydroxyl groups excluding tert-OH is 1. The zero-order valence-electron chi connectivity index (χ0n) is 13.1. The first kappa shape index (κ1) is 18.6. The Morgan fingerprint density at radius 1 is 1.29 bits per heavy atom. The molecule has 1 aromatic rings. The summed E-state index contributed by atoms with van der Waals surface area (Å²) in [4.78, 5) is 23.8. The molecule has 132 valence electrons. The second-order valence-corrected chi connectivity index (χ2v) is 6.14. The number of benzene rings is 1. The Bertz CT molecular complexity index is 606. The highest BCUT2D eigenvalue weighted by atomic mass is 35.5. The number of aliphatic hydroxyl groups is 1. The predicted molar refractivity (Wildman–Crippen MR) is 87.3 cm³/mol. The molecule has 0 bridgehead atoms. The van der Waals surface area contributed by atoms with Crippen LogP contribution in [0.15, 0.2) is 18.2 Å². The van der Waals surface area contributed by atoms with Gasteiger partial charge in [-0.25, -0.2) is 4.39 Å². The van der Waals surface area contributed by atoms with Crippen molar-refractivity contribution in [3.63, 3.8) is 0 Å². The van der Waals surface area contributed by atoms with E-state index in [4.69, 9.17) is 21.4 Å². The number of ether oxygens (including phenoxy) is 1. The quantitative estimate of drug-likeness (QED) is 0.677. The largest absolute Gasteiger partial charge is 0.394 e. The molecule has 8 heteroatoms. The summed E-state index contributed by atoms with van der Waals surface area (Å²) >= 11 is 5.63. The molecule has 0 spiro atoms. The van der Waals surface area contributed by atoms with E-state index in [-0.39, 0.29) is 30.5 Å². The maximum absolute atomic E-state index is 13.1. The molecule has 0 heterocycles. The fourth-order valence-electron chi connectivity index (χ4n) is 2.74. The molecule has 6 nitrogen and oxygen atoms in total. The molecule has 0 aliphatic heterocycles. The molecule has 1 aromatic carbocycles. The van der Waals surface area contributed by atoms with Crippen molar-refractivity contribution in [1.29, 1.82) is 0 Å². The molecule has 2 rings (SSSR count). The second-order valence-electron chi connectivity index (χ2n) is 5.73. The average Bonchev–Trinajstić information content (AvgIpc) is 3.03. The first-order chi connectivity index (χ1) is 11.5. The second kappa shape index (κ2) is 8.41. The third kappa shape index (κ3) is 4.90. The molecule has 2 amide bonds. The van der Waals surface area contributed by atoms with E-state index in [2.05, 4.69) is 10.6 Å². The van der Waals surface area contributed by atoms with E-state index in [0.717, 1.165) is 31.7 Å². The molecule has 0 atom stereocenters. The lowest BCUT2D eigenvalue weighted by Gasteiger charge is -2.29. The van der Waals surface area contributed by atoms with Crippen LogP contribution in [0.4, 0.5) is 10.1 Å². The third-order valence-electron chi connectivity index (χ3n) is 3.97. The molecule has 0 unspecified atom stereocenters. The van der Waals surface area contributed by atoms with Gasteiger partial charge in [0.05, 0.1) is 23.8 Å². The van der Waals surface area contributed by atoms with Crippen LogP contribution in [0.25, 0.3) is 0 Å². The van der Waals surface area contributed by atoms with Crippen molar-refractivity contribution in [1.82, 2.24) is 5.32 Å². The highest BCUT2D eigenvalue weighted by Crippen LogP contribution is 2.32. The Hall–Kier alpha value is -1.70. The summed E-state index contributed by atoms with van der Waals surface area (Å²) in [5, 5.41) is 13.7. The average molecular weight is 359 g/mol. The summed E-state index contributed by atoms with van der Waals surface area (Å²) < 4.78 is 18.7. The summed E-state index contributed by atoms with van der Waals surface area (Å²) in [6.45, 7) is 0.293. The number of anilines is 1. The van der Waals surface area contributed by atoms with Crippen molar-refractivity contribution in [2.24, 2.45) is 0 Å². The van der Waals surface area contributed by atoms with E-state index < -0.39 is 23.2 Å². The van der Waals surface area contributed by atoms with Gasteiger partial charge in [-0.05, 0) is 31.0 Å². The minimum Gasteiger partial charge on any atom is -0.394 e. The fourth-order valence-corrected chi connectivity index (χ4v) is 2.92. The fraction of sp³-hybridized carbons (Fsp3) is 0.500. The number of hydrogen-bond donors (Lipinski definition) is 3. The lowest BCUT2D eigenvalue weighted by atomic mass is 10.0. The molecule has 0 saturated heterocycles. The van der Waals surface area contributed by atoms with Crippen molar-refractivity contribution in [3.8, 4) is 0 Å². The van der Waals surface area contributed by atoms with Gasteiger partial charge in [0.2, 0.25) is 0 Å². The van der Waals surface area contributed by atoms with Crippen molar-refractivity contribution in [3.05, 3.63) is 29.0 Å². The number of hydrogen-bond acceptors (Lipinski definition) is 4. The minimum atomic E-state index is -0.868. The van der Waals surface area contributed by atoms with Gasteiger partial charge in [-0.1, -0.05) is 24.4 Å². The topological polar surface area (TPSA) is 87.7 Å². The van der Waals surface area contributed by atoms with Gasteiger partial charge >= 0.3 is 11.8 Å². The molecule has 3 N–H and O–H groups in total. The van der Waals surface area contributed by atoms with Gasteiger partial charge < -0.3 is 20.5 Å². The smallest absolute Gasteiger partial charge is 0.313 e. The number of halogens is 2. The van der Waals surface area contributed by atoms with E-state index in [0.29, 0.717) is 0 Å². The standard InChI is InChI=1S/C16H20ClFN2O4/c17-12-9-11(3-4-13(12)18)20-15(23)14(22)19-10-16(24-8-7-21)5-1-2-6-16/h3-4,9,21H,1-2,5-8,10H2,(H,19,22)(H,20,23). The summed E-state index contributed by atoms with van der Waals surface area (Å²) in [6.07, 6.45) is 3.48. The van der Waals surface area contributed by atoms with Crippen LogP contribution in [0.1, 0.15) is 25.7 Å². The number of nitrogens with one attached hydrogen (secondary N) is 2. The van der Waals surface area contributed by atoms with Gasteiger partial charge in [-0.3, -0.25) is 9.59 Å². The van der Waals surface area contributed by atoms with E-state index in [1.165, 1.54) is 12.1 Å². The zero-order valence-corrected chi connectivity index (χ0v) is 13.9. The number of carbonyl (C=O) groups excluding carboxylic acids is 2. The van der Waals surface area contributed by atoms with Crippen molar-refractivity contribution in [2.45, 2.75) is 31.3 Å². The van der Waals surface area contributed by atoms with Gasteiger partial charge in [0.1, 0.15) is 5.82 Å². The molecule has 1 saturated carbocycles. The highest BCUT2D eigenvalue weighted by molar-refractivity contribution is 6.39. The lowest BCUT2D eigenvalue weighted by molar-refractivity contribution is -0.137. The summed E-state index contributed by atoms with van der Waals surface area (Å²) in [5.41, 5.74) is -0.300. The molecule has 24 heavy (non-hydrogen) atoms. The Labute approximate surface area is 144 Å². The van der Waals surface area contributed by atoms with Gasteiger partial charge in [-0.15, -0.1) is 0 Å². The van der Waals surface area contributed by atoms with E-state index in [9.17, 15) is 14.0 Å². The monoisotopic (exact) mass is 358 g/mol. The number of carbonyl (C=O) groups is 2. The molecule has 1 fully saturated rings. The molecule has 0 aromatic heterocycles. The summed E-state index contributed by atoms with van der Waals surface area (Å²) in [6, 6.07) is 3.65. The van der Waals surface area contributed by atoms with Crippen molar-refractivity contribution < 1.29 is 23.8 Å². The van der Waals surface area contributed by atoms with Crippen LogP contribution < -0.4 is 10.6 Å². The van der Waals surface area contributed by atoms with E-state index >= 15 is 0 Å². The van der Waals surface area contributed by atoms with E-state index in [1.807, 2.05) is 0 Å². The Morgan fingerprint density at radius 3 is 2.62 bits per heavy atom. The van der Waals surface area contributed by atoms with Crippen LogP contribution >= 0.6 is 11.6 Å². The van der Waals surface area contributed by atoms with Gasteiger partial charge in [0.25, 0.3) is 0 Å². The highest BCUT2D eigenvalue weighted by Gasteiger charge is 2.35. The minimum absolute atomic E-state index is 0.0957. The van der Waals surface area contributed by atoms with Crippen LogP contribution in [0.3, 0.4) is 0 Å². The third-order valence-corrected chi connectivity index (χ3v) is 4.26. The van der Waals surface area contributed by atoms with Crippen molar-refractivity contribution in [2.75, 3.05) is 25.1 Å². The van der Waals surface area contributed by atoms with Crippen LogP contribution in [-0.4, -0.2) is 42.3 Å². The molecular weight excluding hydrogens is 339 g/mol. The first-order valence-corrected chi connectivity index (χ1v) is 8.13. The van der Waals surface area contributed by atoms with Gasteiger partial charge in [-0.2, -0.15) is 0 Å². The summed E-state index contributed by atoms with van der Waals surface area (Å²) in [7, 11) is 0. The zero-order chi connectivity index (χ0) is 17.6. The first-order valence-electron chi connectivity index (χ1n) is 7.75. The van der Waals surface area contributed by atoms with Crippen LogP contribution in [-0.2, 0) is 14.3 Å². The molecule has 0 radical (unpaired) electrons. The Morgan fingerprint density at radius 2 is 2.00 bits per heavy atom. The van der Waals surface area contributed by atoms with Crippen LogP contribution in [0.2, 0.25) is 5.02 Å². The molecule has 1 aliphatic carbocycles. The summed E-state index contributed by atoms with van der Waals surface area (Å²) in [5.74, 6) is -2.29. The maximum atomic E-state index is 13.1. The van der Waals surface area contributed by atoms with E-state index in [1.54, 1.807) is 0 Å². The number of rotatable bonds is 6. The Balaban J connectivity index is 1.88. The maximum Gasteiger partial charge on any atom is 0.313 e. The SMILES string of the molecule is O=C(NCC1(OCCO)CCCC1)C(=O)Nc1ccc(F)c(Cl)c1. The lowest BCUT2D eigenvalue weighted by Crippen LogP contribution is -2.46. The van der Waals surface area contributed by atoms with Crippen LogP contribution in [0.5, 0.6) is 0 Å². The van der Waals surface area contributed by atoms with Gasteiger partial charge in [0, 0.05) is 12.2 Å². The number of amides is 2. The van der Waals surface area contributed by atoms with Crippen molar-refractivity contribution >= 4 is 29.1 Å². The van der Waals surface area contributed by atoms with Gasteiger partial charge in [0.15, 0.2) is 0 Å².